The Kier molecular flexibility index (Phi) is 3.89. The van der Waals surface area contributed by atoms with Crippen molar-refractivity contribution in [2.45, 2.75) is 13.3 Å². The Bertz CT molecular complexity index is 400. The van der Waals surface area contributed by atoms with E-state index in [9.17, 15) is 0 Å². The van der Waals surface area contributed by atoms with Gasteiger partial charge in [-0.1, -0.05) is 23.7 Å². The number of amidine groups is 1. The molecule has 0 bridgehead atoms. The van der Waals surface area contributed by atoms with E-state index >= 15 is 0 Å². The fourth-order valence-electron chi connectivity index (χ4n) is 1.98. The lowest BCUT2D eigenvalue weighted by Crippen LogP contribution is -2.43. The van der Waals surface area contributed by atoms with Gasteiger partial charge in [-0.05, 0) is 24.6 Å². The van der Waals surface area contributed by atoms with Crippen molar-refractivity contribution in [3.63, 3.8) is 0 Å². The molecule has 0 radical (unpaired) electrons. The summed E-state index contributed by atoms with van der Waals surface area (Å²) in [4.78, 5) is 2.33. The van der Waals surface area contributed by atoms with Gasteiger partial charge < -0.3 is 4.90 Å². The SMILES string of the molecule is CCN1CCN(C)N=C1Cc1ccc(Cl)cc1. The highest BCUT2D eigenvalue weighted by Crippen LogP contribution is 2.13. The summed E-state index contributed by atoms with van der Waals surface area (Å²) in [6.07, 6.45) is 0.870. The minimum Gasteiger partial charge on any atom is -0.357 e. The Balaban J connectivity index is 2.12. The summed E-state index contributed by atoms with van der Waals surface area (Å²) in [6.45, 7) is 5.24. The first-order valence-electron chi connectivity index (χ1n) is 5.97. The molecule has 3 nitrogen and oxygen atoms in total. The third-order valence-corrected chi connectivity index (χ3v) is 3.25. The maximum absolute atomic E-state index is 5.88. The van der Waals surface area contributed by atoms with Crippen LogP contribution >= 0.6 is 11.6 Å². The number of hydrogen-bond donors (Lipinski definition) is 0. The number of rotatable bonds is 3. The first-order valence-corrected chi connectivity index (χ1v) is 6.35. The van der Waals surface area contributed by atoms with E-state index in [0.717, 1.165) is 36.9 Å². The van der Waals surface area contributed by atoms with Crippen LogP contribution in [-0.2, 0) is 6.42 Å². The van der Waals surface area contributed by atoms with Crippen molar-refractivity contribution < 1.29 is 0 Å². The Morgan fingerprint density at radius 3 is 2.59 bits per heavy atom. The fraction of sp³-hybridized carbons (Fsp3) is 0.462. The monoisotopic (exact) mass is 251 g/mol. The molecule has 0 unspecified atom stereocenters. The minimum atomic E-state index is 0.781. The third kappa shape index (κ3) is 3.13. The van der Waals surface area contributed by atoms with Crippen molar-refractivity contribution in [2.75, 3.05) is 26.7 Å². The van der Waals surface area contributed by atoms with Crippen LogP contribution in [-0.4, -0.2) is 42.4 Å². The van der Waals surface area contributed by atoms with Crippen molar-refractivity contribution in [3.8, 4) is 0 Å². The molecule has 0 spiro atoms. The average molecular weight is 252 g/mol. The number of hydrazone groups is 1. The molecular weight excluding hydrogens is 234 g/mol. The van der Waals surface area contributed by atoms with E-state index in [1.165, 1.54) is 5.56 Å². The van der Waals surface area contributed by atoms with Crippen LogP contribution in [0.5, 0.6) is 0 Å². The van der Waals surface area contributed by atoms with Crippen LogP contribution in [0.25, 0.3) is 0 Å². The first-order chi connectivity index (χ1) is 8.19. The summed E-state index contributed by atoms with van der Waals surface area (Å²) in [5.74, 6) is 1.14. The van der Waals surface area contributed by atoms with E-state index in [1.54, 1.807) is 0 Å². The largest absolute Gasteiger partial charge is 0.357 e. The zero-order chi connectivity index (χ0) is 12.3. The lowest BCUT2D eigenvalue weighted by molar-refractivity contribution is 0.263. The van der Waals surface area contributed by atoms with Crippen LogP contribution in [0.3, 0.4) is 0 Å². The average Bonchev–Trinajstić information content (AvgIpc) is 2.32. The fourth-order valence-corrected chi connectivity index (χ4v) is 2.10. The van der Waals surface area contributed by atoms with Gasteiger partial charge in [-0.15, -0.1) is 0 Å². The second-order valence-electron chi connectivity index (χ2n) is 4.28. The molecule has 0 N–H and O–H groups in total. The molecule has 1 aliphatic heterocycles. The number of halogens is 1. The number of hydrogen-bond acceptors (Lipinski definition) is 3. The maximum Gasteiger partial charge on any atom is 0.129 e. The third-order valence-electron chi connectivity index (χ3n) is 3.00. The van der Waals surface area contributed by atoms with E-state index in [-0.39, 0.29) is 0 Å². The molecule has 0 fully saturated rings. The predicted octanol–water partition coefficient (Wildman–Crippen LogP) is 2.46. The molecule has 1 heterocycles. The molecule has 1 aromatic rings. The van der Waals surface area contributed by atoms with E-state index in [1.807, 2.05) is 24.2 Å². The number of nitrogens with zero attached hydrogens (tertiary/aromatic N) is 3. The first kappa shape index (κ1) is 12.2. The lowest BCUT2D eigenvalue weighted by Gasteiger charge is -2.32. The lowest BCUT2D eigenvalue weighted by atomic mass is 10.1. The normalized spacial score (nSPS) is 16.1. The molecular formula is C13H18ClN3. The Morgan fingerprint density at radius 2 is 1.94 bits per heavy atom. The molecule has 17 heavy (non-hydrogen) atoms. The summed E-state index contributed by atoms with van der Waals surface area (Å²) >= 11 is 5.88. The second kappa shape index (κ2) is 5.41. The zero-order valence-corrected chi connectivity index (χ0v) is 11.1. The van der Waals surface area contributed by atoms with Gasteiger partial charge in [0.2, 0.25) is 0 Å². The Labute approximate surface area is 108 Å². The number of likely N-dealkylation sites (N-methyl/N-ethyl adjacent to an activating group) is 2. The van der Waals surface area contributed by atoms with E-state index < -0.39 is 0 Å². The van der Waals surface area contributed by atoms with Gasteiger partial charge in [0, 0.05) is 31.6 Å². The molecule has 0 aliphatic carbocycles. The molecule has 1 aromatic carbocycles. The highest BCUT2D eigenvalue weighted by Gasteiger charge is 2.16. The van der Waals surface area contributed by atoms with Crippen LogP contribution in [0.2, 0.25) is 5.02 Å². The van der Waals surface area contributed by atoms with Gasteiger partial charge in [-0.3, -0.25) is 5.01 Å². The van der Waals surface area contributed by atoms with Crippen molar-refractivity contribution in [3.05, 3.63) is 34.9 Å². The highest BCUT2D eigenvalue weighted by atomic mass is 35.5. The Morgan fingerprint density at radius 1 is 1.24 bits per heavy atom. The molecule has 0 atom stereocenters. The van der Waals surface area contributed by atoms with E-state index in [2.05, 4.69) is 29.1 Å². The maximum atomic E-state index is 5.88. The molecule has 0 saturated heterocycles. The van der Waals surface area contributed by atoms with Crippen LogP contribution in [0.1, 0.15) is 12.5 Å². The van der Waals surface area contributed by atoms with Gasteiger partial charge in [0.15, 0.2) is 0 Å². The van der Waals surface area contributed by atoms with E-state index in [0.29, 0.717) is 0 Å². The van der Waals surface area contributed by atoms with Crippen LogP contribution < -0.4 is 0 Å². The summed E-state index contributed by atoms with van der Waals surface area (Å²) in [7, 11) is 2.02. The summed E-state index contributed by atoms with van der Waals surface area (Å²) < 4.78 is 0. The molecule has 1 aliphatic rings. The van der Waals surface area contributed by atoms with Crippen LogP contribution in [0, 0.1) is 0 Å². The minimum absolute atomic E-state index is 0.781. The zero-order valence-electron chi connectivity index (χ0n) is 10.4. The highest BCUT2D eigenvalue weighted by molar-refractivity contribution is 6.30. The van der Waals surface area contributed by atoms with Gasteiger partial charge >= 0.3 is 0 Å². The van der Waals surface area contributed by atoms with Gasteiger partial charge in [0.25, 0.3) is 0 Å². The second-order valence-corrected chi connectivity index (χ2v) is 4.72. The summed E-state index contributed by atoms with van der Waals surface area (Å²) in [6, 6.07) is 7.99. The molecule has 2 rings (SSSR count). The summed E-state index contributed by atoms with van der Waals surface area (Å²) in [5, 5.41) is 7.39. The van der Waals surface area contributed by atoms with Crippen molar-refractivity contribution in [1.82, 2.24) is 9.91 Å². The quantitative estimate of drug-likeness (QED) is 0.822. The van der Waals surface area contributed by atoms with Crippen molar-refractivity contribution in [1.29, 1.82) is 0 Å². The Hall–Kier alpha value is -1.22. The molecule has 0 aromatic heterocycles. The molecule has 0 amide bonds. The smallest absolute Gasteiger partial charge is 0.129 e. The van der Waals surface area contributed by atoms with Crippen molar-refractivity contribution >= 4 is 17.4 Å². The number of benzene rings is 1. The van der Waals surface area contributed by atoms with Crippen molar-refractivity contribution in [2.24, 2.45) is 5.10 Å². The van der Waals surface area contributed by atoms with Crippen LogP contribution in [0.4, 0.5) is 0 Å². The van der Waals surface area contributed by atoms with E-state index in [4.69, 9.17) is 11.6 Å². The van der Waals surface area contributed by atoms with Gasteiger partial charge in [-0.2, -0.15) is 5.10 Å². The molecule has 0 saturated carbocycles. The molecule has 92 valence electrons. The van der Waals surface area contributed by atoms with Gasteiger partial charge in [-0.25, -0.2) is 0 Å². The topological polar surface area (TPSA) is 18.8 Å². The van der Waals surface area contributed by atoms with Gasteiger partial charge in [0.1, 0.15) is 5.84 Å². The predicted molar refractivity (Wildman–Crippen MR) is 72.5 cm³/mol. The van der Waals surface area contributed by atoms with Gasteiger partial charge in [0.05, 0.1) is 6.54 Å². The standard InChI is InChI=1S/C13H18ClN3/c1-3-17-9-8-16(2)15-13(17)10-11-4-6-12(14)7-5-11/h4-7H,3,8-10H2,1-2H3. The van der Waals surface area contributed by atoms with Crippen LogP contribution in [0.15, 0.2) is 29.4 Å². The summed E-state index contributed by atoms with van der Waals surface area (Å²) in [5.41, 5.74) is 1.25. The molecule has 4 heteroatoms.